The monoisotopic (exact) mass is 493 g/mol. The van der Waals surface area contributed by atoms with Gasteiger partial charge in [-0.15, -0.1) is 11.3 Å². The smallest absolute Gasteiger partial charge is 0.255 e. The van der Waals surface area contributed by atoms with E-state index in [-0.39, 0.29) is 11.4 Å². The van der Waals surface area contributed by atoms with Crippen molar-refractivity contribution in [1.82, 2.24) is 29.5 Å². The Hall–Kier alpha value is -2.82. The van der Waals surface area contributed by atoms with Crippen molar-refractivity contribution in [3.05, 3.63) is 41.0 Å². The largest absolute Gasteiger partial charge is 0.379 e. The molecule has 1 aliphatic carbocycles. The molecule has 3 aromatic rings. The molecule has 5 heterocycles. The first-order valence-corrected chi connectivity index (χ1v) is 13.0. The predicted molar refractivity (Wildman–Crippen MR) is 135 cm³/mol. The van der Waals surface area contributed by atoms with Gasteiger partial charge in [0.25, 0.3) is 5.91 Å². The minimum absolute atomic E-state index is 0.113. The van der Waals surface area contributed by atoms with Gasteiger partial charge in [0.1, 0.15) is 5.82 Å². The van der Waals surface area contributed by atoms with Gasteiger partial charge in [-0.1, -0.05) is 0 Å². The molecule has 3 aromatic heterocycles. The quantitative estimate of drug-likeness (QED) is 0.562. The van der Waals surface area contributed by atoms with Crippen LogP contribution >= 0.6 is 11.3 Å². The maximum atomic E-state index is 13.5. The predicted octanol–water partition coefficient (Wildman–Crippen LogP) is 3.49. The normalized spacial score (nSPS) is 20.8. The molecule has 1 spiro atoms. The highest BCUT2D eigenvalue weighted by Crippen LogP contribution is 2.48. The van der Waals surface area contributed by atoms with Crippen molar-refractivity contribution in [3.63, 3.8) is 0 Å². The van der Waals surface area contributed by atoms with Crippen molar-refractivity contribution in [2.24, 2.45) is 12.5 Å². The van der Waals surface area contributed by atoms with E-state index < -0.39 is 0 Å². The SMILES string of the molecule is Cn1nccc1Nc1nccc(-c2cc3c(s2)C(C)(C)N(CCN2CCOCC4(CC4)C2)C3=O)n1. The summed E-state index contributed by atoms with van der Waals surface area (Å²) in [7, 11) is 1.86. The standard InChI is InChI=1S/C25H31N7O2S/c1-24(2)21-17(22(33)32(24)11-10-31-12-13-34-16-25(15-31)6-7-25)14-19(35-21)18-4-8-26-23(28-18)29-20-5-9-27-30(20)3/h4-5,8-9,14H,6-7,10-13,15-16H2,1-3H3,(H,26,28,29). The van der Waals surface area contributed by atoms with Crippen LogP contribution in [-0.2, 0) is 17.3 Å². The Morgan fingerprint density at radius 1 is 1.20 bits per heavy atom. The van der Waals surface area contributed by atoms with Crippen molar-refractivity contribution in [1.29, 1.82) is 0 Å². The lowest BCUT2D eigenvalue weighted by Gasteiger charge is -2.34. The number of ether oxygens (including phenoxy) is 1. The van der Waals surface area contributed by atoms with Crippen molar-refractivity contribution < 1.29 is 9.53 Å². The minimum atomic E-state index is -0.349. The summed E-state index contributed by atoms with van der Waals surface area (Å²) in [5, 5.41) is 7.37. The Balaban J connectivity index is 1.18. The number of carbonyl (C=O) groups excluding carboxylic acids is 1. The molecule has 0 atom stereocenters. The topological polar surface area (TPSA) is 88.4 Å². The van der Waals surface area contributed by atoms with Crippen molar-refractivity contribution in [3.8, 4) is 10.6 Å². The number of nitrogens with zero attached hydrogens (tertiary/aromatic N) is 6. The average molecular weight is 494 g/mol. The highest BCUT2D eigenvalue weighted by Gasteiger charge is 2.47. The lowest BCUT2D eigenvalue weighted by Crippen LogP contribution is -2.45. The fraction of sp³-hybridized carbons (Fsp3) is 0.520. The van der Waals surface area contributed by atoms with Crippen molar-refractivity contribution >= 4 is 29.0 Å². The van der Waals surface area contributed by atoms with Crippen LogP contribution in [0.15, 0.2) is 30.6 Å². The molecule has 1 amide bonds. The average Bonchev–Trinajstić information content (AvgIpc) is 3.25. The number of amides is 1. The molecule has 1 N–H and O–H groups in total. The van der Waals surface area contributed by atoms with Crippen LogP contribution in [0.4, 0.5) is 11.8 Å². The second kappa shape index (κ2) is 8.39. The van der Waals surface area contributed by atoms with Gasteiger partial charge in [0.2, 0.25) is 5.95 Å². The fourth-order valence-electron chi connectivity index (χ4n) is 5.19. The van der Waals surface area contributed by atoms with Crippen molar-refractivity contribution in [2.75, 3.05) is 44.7 Å². The molecular formula is C25H31N7O2S. The zero-order valence-corrected chi connectivity index (χ0v) is 21.3. The fourth-order valence-corrected chi connectivity index (χ4v) is 6.42. The molecule has 9 nitrogen and oxygen atoms in total. The molecule has 35 heavy (non-hydrogen) atoms. The number of aromatic nitrogens is 4. The van der Waals surface area contributed by atoms with E-state index in [4.69, 9.17) is 9.72 Å². The molecule has 0 unspecified atom stereocenters. The number of thiophene rings is 1. The first-order chi connectivity index (χ1) is 16.8. The third-order valence-corrected chi connectivity index (χ3v) is 8.99. The number of nitrogens with one attached hydrogen (secondary N) is 1. The highest BCUT2D eigenvalue weighted by molar-refractivity contribution is 7.16. The van der Waals surface area contributed by atoms with Crippen LogP contribution in [-0.4, -0.2) is 74.8 Å². The molecular weight excluding hydrogens is 462 g/mol. The lowest BCUT2D eigenvalue weighted by atomic mass is 10.0. The van der Waals surface area contributed by atoms with Gasteiger partial charge in [-0.25, -0.2) is 9.97 Å². The van der Waals surface area contributed by atoms with Crippen LogP contribution < -0.4 is 5.32 Å². The molecule has 0 aromatic carbocycles. The highest BCUT2D eigenvalue weighted by atomic mass is 32.1. The minimum Gasteiger partial charge on any atom is -0.379 e. The second-order valence-electron chi connectivity index (χ2n) is 10.4. The zero-order chi connectivity index (χ0) is 24.2. The van der Waals surface area contributed by atoms with Crippen LogP contribution in [0.5, 0.6) is 0 Å². The first-order valence-electron chi connectivity index (χ1n) is 12.2. The lowest BCUT2D eigenvalue weighted by molar-refractivity contribution is 0.0583. The summed E-state index contributed by atoms with van der Waals surface area (Å²) in [6.45, 7) is 9.62. The Morgan fingerprint density at radius 3 is 2.80 bits per heavy atom. The Kier molecular flexibility index (Phi) is 5.43. The molecule has 2 aliphatic heterocycles. The Labute approximate surface area is 209 Å². The maximum absolute atomic E-state index is 13.5. The molecule has 6 rings (SSSR count). The van der Waals surface area contributed by atoms with E-state index in [0.717, 1.165) is 66.2 Å². The van der Waals surface area contributed by atoms with Crippen LogP contribution in [0, 0.1) is 5.41 Å². The molecule has 184 valence electrons. The van der Waals surface area contributed by atoms with Crippen LogP contribution in [0.2, 0.25) is 0 Å². The summed E-state index contributed by atoms with van der Waals surface area (Å²) in [4.78, 5) is 29.1. The maximum Gasteiger partial charge on any atom is 0.255 e. The number of rotatable bonds is 6. The number of carbonyl (C=O) groups is 1. The van der Waals surface area contributed by atoms with Gasteiger partial charge >= 0.3 is 0 Å². The Bertz CT molecular complexity index is 1260. The number of hydrogen-bond acceptors (Lipinski definition) is 8. The van der Waals surface area contributed by atoms with E-state index in [1.54, 1.807) is 28.4 Å². The molecule has 1 saturated carbocycles. The molecule has 3 aliphatic rings. The molecule has 2 fully saturated rings. The van der Waals surface area contributed by atoms with Crippen LogP contribution in [0.25, 0.3) is 10.6 Å². The number of hydrogen-bond donors (Lipinski definition) is 1. The van der Waals surface area contributed by atoms with Gasteiger partial charge < -0.3 is 15.0 Å². The van der Waals surface area contributed by atoms with E-state index in [0.29, 0.717) is 11.4 Å². The number of fused-ring (bicyclic) bond motifs is 1. The van der Waals surface area contributed by atoms with Gasteiger partial charge in [0.05, 0.1) is 41.1 Å². The number of aryl methyl sites for hydroxylation is 1. The summed E-state index contributed by atoms with van der Waals surface area (Å²) in [6.07, 6.45) is 5.99. The summed E-state index contributed by atoms with van der Waals surface area (Å²) in [6, 6.07) is 5.76. The molecule has 0 radical (unpaired) electrons. The third-order valence-electron chi connectivity index (χ3n) is 7.52. The van der Waals surface area contributed by atoms with Crippen molar-refractivity contribution in [2.45, 2.75) is 32.2 Å². The zero-order valence-electron chi connectivity index (χ0n) is 20.5. The van der Waals surface area contributed by atoms with E-state index in [1.165, 1.54) is 12.8 Å². The van der Waals surface area contributed by atoms with Crippen LogP contribution in [0.3, 0.4) is 0 Å². The first kappa shape index (κ1) is 22.6. The molecule has 1 saturated heterocycles. The Morgan fingerprint density at radius 2 is 2.06 bits per heavy atom. The van der Waals surface area contributed by atoms with Gasteiger partial charge in [-0.3, -0.25) is 14.4 Å². The van der Waals surface area contributed by atoms with E-state index >= 15 is 0 Å². The number of anilines is 2. The molecule has 0 bridgehead atoms. The van der Waals surface area contributed by atoms with Gasteiger partial charge in [0, 0.05) is 55.8 Å². The second-order valence-corrected chi connectivity index (χ2v) is 11.5. The summed E-state index contributed by atoms with van der Waals surface area (Å²) >= 11 is 1.65. The summed E-state index contributed by atoms with van der Waals surface area (Å²) < 4.78 is 7.56. The van der Waals surface area contributed by atoms with Gasteiger partial charge in [-0.05, 0) is 38.8 Å². The summed E-state index contributed by atoms with van der Waals surface area (Å²) in [5.41, 5.74) is 1.63. The third kappa shape index (κ3) is 4.13. The van der Waals surface area contributed by atoms with E-state index in [2.05, 4.69) is 34.1 Å². The summed E-state index contributed by atoms with van der Waals surface area (Å²) in [5.74, 6) is 1.43. The van der Waals surface area contributed by atoms with Gasteiger partial charge in [-0.2, -0.15) is 5.10 Å². The molecule has 10 heteroatoms. The van der Waals surface area contributed by atoms with Gasteiger partial charge in [0.15, 0.2) is 0 Å². The van der Waals surface area contributed by atoms with Crippen LogP contribution in [0.1, 0.15) is 41.9 Å². The van der Waals surface area contributed by atoms with E-state index in [1.807, 2.05) is 30.1 Å². The van der Waals surface area contributed by atoms with E-state index in [9.17, 15) is 4.79 Å².